The first-order valence-corrected chi connectivity index (χ1v) is 8.99. The fourth-order valence-corrected chi connectivity index (χ4v) is 3.05. The summed E-state index contributed by atoms with van der Waals surface area (Å²) in [5, 5.41) is 2.92. The van der Waals surface area contributed by atoms with Crippen LogP contribution in [0.2, 0.25) is 0 Å². The number of hydrogen-bond donors (Lipinski definition) is 1. The normalized spacial score (nSPS) is 10.9. The van der Waals surface area contributed by atoms with E-state index in [1.807, 2.05) is 35.8 Å². The number of nitrogens with zero attached hydrogens (tertiary/aromatic N) is 3. The number of rotatable bonds is 5. The van der Waals surface area contributed by atoms with E-state index in [-0.39, 0.29) is 18.3 Å². The first-order chi connectivity index (χ1) is 13.6. The van der Waals surface area contributed by atoms with E-state index in [4.69, 9.17) is 0 Å². The minimum Gasteiger partial charge on any atom is -0.345 e. The van der Waals surface area contributed by atoms with Gasteiger partial charge in [0, 0.05) is 11.8 Å². The van der Waals surface area contributed by atoms with E-state index in [2.05, 4.69) is 15.3 Å². The van der Waals surface area contributed by atoms with E-state index >= 15 is 0 Å². The first kappa shape index (κ1) is 17.9. The molecule has 6 heteroatoms. The Hall–Kier alpha value is -3.54. The molecule has 0 aliphatic rings. The second kappa shape index (κ2) is 7.60. The molecule has 0 fully saturated rings. The van der Waals surface area contributed by atoms with Gasteiger partial charge in [-0.3, -0.25) is 4.79 Å². The van der Waals surface area contributed by atoms with Gasteiger partial charge in [-0.15, -0.1) is 0 Å². The second-order valence-electron chi connectivity index (χ2n) is 6.64. The van der Waals surface area contributed by atoms with Gasteiger partial charge in [-0.2, -0.15) is 0 Å². The number of nitrogens with one attached hydrogen (secondary N) is 1. The molecule has 1 amide bonds. The van der Waals surface area contributed by atoms with Crippen LogP contribution in [0.25, 0.3) is 11.2 Å². The summed E-state index contributed by atoms with van der Waals surface area (Å²) >= 11 is 0. The SMILES string of the molecule is Cc1ccc(C(=O)NCc2nc3cccnc3n2Cc2ccc(F)cc2)cc1. The van der Waals surface area contributed by atoms with E-state index in [0.717, 1.165) is 22.3 Å². The molecule has 2 aromatic heterocycles. The summed E-state index contributed by atoms with van der Waals surface area (Å²) in [5.41, 5.74) is 4.11. The Bertz CT molecular complexity index is 1120. The topological polar surface area (TPSA) is 59.8 Å². The Morgan fingerprint density at radius 3 is 2.57 bits per heavy atom. The van der Waals surface area contributed by atoms with Crippen LogP contribution in [0.4, 0.5) is 4.39 Å². The number of aryl methyl sites for hydroxylation is 1. The van der Waals surface area contributed by atoms with E-state index < -0.39 is 0 Å². The van der Waals surface area contributed by atoms with Crippen LogP contribution in [0.1, 0.15) is 27.3 Å². The van der Waals surface area contributed by atoms with Gasteiger partial charge < -0.3 is 9.88 Å². The van der Waals surface area contributed by atoms with Crippen molar-refractivity contribution in [3.05, 3.63) is 95.2 Å². The molecule has 0 spiro atoms. The standard InChI is InChI=1S/C22H19FN4O/c1-15-4-8-17(9-5-15)22(28)25-13-20-26-19-3-2-12-24-21(19)27(20)14-16-6-10-18(23)11-7-16/h2-12H,13-14H2,1H3,(H,25,28). The van der Waals surface area contributed by atoms with Crippen molar-refractivity contribution in [1.82, 2.24) is 19.9 Å². The number of halogens is 1. The minimum absolute atomic E-state index is 0.159. The largest absolute Gasteiger partial charge is 0.345 e. The highest BCUT2D eigenvalue weighted by molar-refractivity contribution is 5.94. The molecule has 0 bridgehead atoms. The third-order valence-corrected chi connectivity index (χ3v) is 4.56. The van der Waals surface area contributed by atoms with Crippen molar-refractivity contribution in [3.63, 3.8) is 0 Å². The summed E-state index contributed by atoms with van der Waals surface area (Å²) in [6, 6.07) is 17.5. The fourth-order valence-electron chi connectivity index (χ4n) is 3.05. The van der Waals surface area contributed by atoms with Crippen LogP contribution in [-0.4, -0.2) is 20.4 Å². The van der Waals surface area contributed by atoms with Gasteiger partial charge in [0.2, 0.25) is 0 Å². The van der Waals surface area contributed by atoms with Gasteiger partial charge in [0.15, 0.2) is 5.65 Å². The van der Waals surface area contributed by atoms with E-state index in [0.29, 0.717) is 17.9 Å². The maximum atomic E-state index is 13.2. The van der Waals surface area contributed by atoms with E-state index in [9.17, 15) is 9.18 Å². The molecule has 4 rings (SSSR count). The lowest BCUT2D eigenvalue weighted by Crippen LogP contribution is -2.25. The zero-order valence-corrected chi connectivity index (χ0v) is 15.4. The highest BCUT2D eigenvalue weighted by Gasteiger charge is 2.14. The number of hydrogen-bond acceptors (Lipinski definition) is 3. The smallest absolute Gasteiger partial charge is 0.251 e. The molecule has 2 aromatic carbocycles. The number of carbonyl (C=O) groups excluding carboxylic acids is 1. The zero-order valence-electron chi connectivity index (χ0n) is 15.4. The number of aromatic nitrogens is 3. The van der Waals surface area contributed by atoms with Crippen molar-refractivity contribution in [3.8, 4) is 0 Å². The van der Waals surface area contributed by atoms with Crippen molar-refractivity contribution >= 4 is 17.1 Å². The van der Waals surface area contributed by atoms with Crippen LogP contribution in [0, 0.1) is 12.7 Å². The maximum Gasteiger partial charge on any atom is 0.251 e. The molecule has 1 N–H and O–H groups in total. The highest BCUT2D eigenvalue weighted by Crippen LogP contribution is 2.16. The summed E-state index contributed by atoms with van der Waals surface area (Å²) in [6.45, 7) is 2.74. The second-order valence-corrected chi connectivity index (χ2v) is 6.64. The summed E-state index contributed by atoms with van der Waals surface area (Å²) in [7, 11) is 0. The molecular weight excluding hydrogens is 355 g/mol. The van der Waals surface area contributed by atoms with Gasteiger partial charge >= 0.3 is 0 Å². The predicted molar refractivity (Wildman–Crippen MR) is 105 cm³/mol. The Morgan fingerprint density at radius 1 is 1.07 bits per heavy atom. The average molecular weight is 374 g/mol. The first-order valence-electron chi connectivity index (χ1n) is 8.99. The third kappa shape index (κ3) is 3.76. The maximum absolute atomic E-state index is 13.2. The zero-order chi connectivity index (χ0) is 19.5. The van der Waals surface area contributed by atoms with Crippen LogP contribution in [0.3, 0.4) is 0 Å². The number of pyridine rings is 1. The lowest BCUT2D eigenvalue weighted by Gasteiger charge is -2.10. The van der Waals surface area contributed by atoms with Crippen molar-refractivity contribution < 1.29 is 9.18 Å². The summed E-state index contributed by atoms with van der Waals surface area (Å²) < 4.78 is 15.2. The minimum atomic E-state index is -0.275. The number of fused-ring (bicyclic) bond motifs is 1. The fraction of sp³-hybridized carbons (Fsp3) is 0.136. The Kier molecular flexibility index (Phi) is 4.85. The molecule has 0 aliphatic carbocycles. The molecule has 140 valence electrons. The van der Waals surface area contributed by atoms with Crippen LogP contribution >= 0.6 is 0 Å². The molecule has 28 heavy (non-hydrogen) atoms. The average Bonchev–Trinajstić information content (AvgIpc) is 3.06. The Labute approximate surface area is 161 Å². The molecule has 5 nitrogen and oxygen atoms in total. The molecule has 0 radical (unpaired) electrons. The molecule has 0 atom stereocenters. The number of carbonyl (C=O) groups is 1. The van der Waals surface area contributed by atoms with E-state index in [1.165, 1.54) is 12.1 Å². The van der Waals surface area contributed by atoms with Crippen LogP contribution in [0.5, 0.6) is 0 Å². The van der Waals surface area contributed by atoms with Gasteiger partial charge in [0.25, 0.3) is 5.91 Å². The van der Waals surface area contributed by atoms with E-state index in [1.54, 1.807) is 30.5 Å². The molecular formula is C22H19FN4O. The Balaban J connectivity index is 1.60. The van der Waals surface area contributed by atoms with Crippen LogP contribution < -0.4 is 5.32 Å². The number of benzene rings is 2. The van der Waals surface area contributed by atoms with Crippen molar-refractivity contribution in [1.29, 1.82) is 0 Å². The number of imidazole rings is 1. The third-order valence-electron chi connectivity index (χ3n) is 4.56. The lowest BCUT2D eigenvalue weighted by molar-refractivity contribution is 0.0949. The predicted octanol–water partition coefficient (Wildman–Crippen LogP) is 3.86. The summed E-state index contributed by atoms with van der Waals surface area (Å²) in [6.07, 6.45) is 1.71. The van der Waals surface area contributed by atoms with Crippen LogP contribution in [0.15, 0.2) is 66.9 Å². The quantitative estimate of drug-likeness (QED) is 0.577. The van der Waals surface area contributed by atoms with Gasteiger partial charge in [-0.05, 0) is 48.9 Å². The molecule has 0 unspecified atom stereocenters. The monoisotopic (exact) mass is 374 g/mol. The molecule has 0 saturated heterocycles. The van der Waals surface area contributed by atoms with Crippen molar-refractivity contribution in [2.75, 3.05) is 0 Å². The summed E-state index contributed by atoms with van der Waals surface area (Å²) in [4.78, 5) is 21.5. The van der Waals surface area contributed by atoms with Gasteiger partial charge in [0.05, 0.1) is 13.1 Å². The summed E-state index contributed by atoms with van der Waals surface area (Å²) in [5.74, 6) is 0.259. The van der Waals surface area contributed by atoms with Crippen LogP contribution in [-0.2, 0) is 13.1 Å². The lowest BCUT2D eigenvalue weighted by atomic mass is 10.1. The van der Waals surface area contributed by atoms with Crippen molar-refractivity contribution in [2.24, 2.45) is 0 Å². The van der Waals surface area contributed by atoms with Gasteiger partial charge in [-0.25, -0.2) is 14.4 Å². The molecule has 4 aromatic rings. The Morgan fingerprint density at radius 2 is 1.82 bits per heavy atom. The van der Waals surface area contributed by atoms with Crippen molar-refractivity contribution in [2.45, 2.75) is 20.0 Å². The molecule has 0 saturated carbocycles. The molecule has 2 heterocycles. The highest BCUT2D eigenvalue weighted by atomic mass is 19.1. The van der Waals surface area contributed by atoms with Gasteiger partial charge in [0.1, 0.15) is 17.2 Å². The molecule has 0 aliphatic heterocycles. The van der Waals surface area contributed by atoms with Gasteiger partial charge in [-0.1, -0.05) is 29.8 Å². The number of amides is 1.